The van der Waals surface area contributed by atoms with Crippen molar-refractivity contribution in [2.75, 3.05) is 6.54 Å². The molecule has 0 aromatic carbocycles. The molecule has 0 aliphatic carbocycles. The number of hydrogen-bond donors (Lipinski definition) is 2. The maximum Gasteiger partial charge on any atom is 0.188 e. The molecular formula is C18H35N5. The van der Waals surface area contributed by atoms with E-state index in [1.54, 1.807) is 0 Å². The van der Waals surface area contributed by atoms with E-state index in [0.717, 1.165) is 31.5 Å². The van der Waals surface area contributed by atoms with Gasteiger partial charge in [0, 0.05) is 24.8 Å². The molecule has 1 aromatic rings. The first kappa shape index (κ1) is 19.5. The van der Waals surface area contributed by atoms with E-state index in [-0.39, 0.29) is 0 Å². The molecule has 0 bridgehead atoms. The van der Waals surface area contributed by atoms with Crippen LogP contribution in [0, 0.1) is 0 Å². The standard InChI is InChI=1S/C18H35N5/c1-5-8-9-10-11-12-13-20-18(19)21-14-15-16(6-2)22-23(4)17(15)7-3/h5-14H2,1-4H3,(H3,19,20,21). The molecule has 5 nitrogen and oxygen atoms in total. The molecule has 0 aliphatic heterocycles. The van der Waals surface area contributed by atoms with Gasteiger partial charge in [-0.2, -0.15) is 5.10 Å². The number of aryl methyl sites for hydroxylation is 2. The maximum atomic E-state index is 5.99. The molecule has 1 aromatic heterocycles. The van der Waals surface area contributed by atoms with Gasteiger partial charge in [-0.1, -0.05) is 52.9 Å². The zero-order chi connectivity index (χ0) is 17.1. The predicted molar refractivity (Wildman–Crippen MR) is 98.7 cm³/mol. The molecule has 5 heteroatoms. The van der Waals surface area contributed by atoms with Gasteiger partial charge >= 0.3 is 0 Å². The highest BCUT2D eigenvalue weighted by Gasteiger charge is 2.12. The fourth-order valence-corrected chi connectivity index (χ4v) is 2.91. The third-order valence-corrected chi connectivity index (χ3v) is 4.27. The van der Waals surface area contributed by atoms with E-state index in [0.29, 0.717) is 12.5 Å². The molecule has 132 valence electrons. The lowest BCUT2D eigenvalue weighted by atomic mass is 10.1. The average molecular weight is 322 g/mol. The van der Waals surface area contributed by atoms with E-state index in [2.05, 4.69) is 36.2 Å². The fraction of sp³-hybridized carbons (Fsp3) is 0.778. The van der Waals surface area contributed by atoms with E-state index in [1.807, 2.05) is 11.7 Å². The van der Waals surface area contributed by atoms with Crippen LogP contribution in [-0.4, -0.2) is 22.3 Å². The van der Waals surface area contributed by atoms with Gasteiger partial charge in [0.2, 0.25) is 0 Å². The third-order valence-electron chi connectivity index (χ3n) is 4.27. The summed E-state index contributed by atoms with van der Waals surface area (Å²) < 4.78 is 1.98. The van der Waals surface area contributed by atoms with E-state index in [4.69, 9.17) is 5.73 Å². The number of hydrogen-bond acceptors (Lipinski definition) is 2. The summed E-state index contributed by atoms with van der Waals surface area (Å²) in [7, 11) is 2.01. The highest BCUT2D eigenvalue weighted by molar-refractivity contribution is 5.77. The Hall–Kier alpha value is -1.52. The Kier molecular flexibility index (Phi) is 9.41. The van der Waals surface area contributed by atoms with Crippen molar-refractivity contribution in [2.45, 2.75) is 78.7 Å². The zero-order valence-electron chi connectivity index (χ0n) is 15.5. The molecule has 1 rings (SSSR count). The number of nitrogens with zero attached hydrogens (tertiary/aromatic N) is 3. The number of guanidine groups is 1. The quantitative estimate of drug-likeness (QED) is 0.373. The van der Waals surface area contributed by atoms with Crippen LogP contribution in [0.15, 0.2) is 4.99 Å². The second-order valence-electron chi connectivity index (χ2n) is 6.10. The smallest absolute Gasteiger partial charge is 0.188 e. The van der Waals surface area contributed by atoms with Crippen molar-refractivity contribution >= 4 is 5.96 Å². The number of aliphatic imine (C=N–C) groups is 1. The molecule has 0 amide bonds. The molecule has 3 N–H and O–H groups in total. The van der Waals surface area contributed by atoms with E-state index >= 15 is 0 Å². The second-order valence-corrected chi connectivity index (χ2v) is 6.10. The Bertz CT molecular complexity index is 476. The first-order chi connectivity index (χ1) is 11.1. The molecule has 1 heterocycles. The van der Waals surface area contributed by atoms with Crippen LogP contribution in [0.25, 0.3) is 0 Å². The molecule has 0 atom stereocenters. The first-order valence-electron chi connectivity index (χ1n) is 9.21. The fourth-order valence-electron chi connectivity index (χ4n) is 2.91. The summed E-state index contributed by atoms with van der Waals surface area (Å²) in [6.45, 7) is 8.07. The summed E-state index contributed by atoms with van der Waals surface area (Å²) in [5.41, 5.74) is 9.62. The SMILES string of the molecule is CCCCCCCCNC(N)=NCc1c(CC)nn(C)c1CC. The number of nitrogens with one attached hydrogen (secondary N) is 1. The van der Waals surface area contributed by atoms with Crippen molar-refractivity contribution in [1.82, 2.24) is 15.1 Å². The van der Waals surface area contributed by atoms with Crippen molar-refractivity contribution < 1.29 is 0 Å². The molecule has 0 fully saturated rings. The van der Waals surface area contributed by atoms with Crippen molar-refractivity contribution in [1.29, 1.82) is 0 Å². The number of unbranched alkanes of at least 4 members (excludes halogenated alkanes) is 5. The molecular weight excluding hydrogens is 286 g/mol. The Labute approximate surface area is 141 Å². The van der Waals surface area contributed by atoms with Gasteiger partial charge < -0.3 is 11.1 Å². The van der Waals surface area contributed by atoms with Gasteiger partial charge in [-0.25, -0.2) is 4.99 Å². The van der Waals surface area contributed by atoms with Crippen LogP contribution in [0.4, 0.5) is 0 Å². The topological polar surface area (TPSA) is 68.2 Å². The summed E-state index contributed by atoms with van der Waals surface area (Å²) in [5.74, 6) is 0.548. The van der Waals surface area contributed by atoms with Gasteiger partial charge in [-0.05, 0) is 19.3 Å². The molecule has 0 spiro atoms. The van der Waals surface area contributed by atoms with Gasteiger partial charge in [0.25, 0.3) is 0 Å². The normalized spacial score (nSPS) is 11.9. The van der Waals surface area contributed by atoms with Crippen molar-refractivity contribution in [3.05, 3.63) is 17.0 Å². The van der Waals surface area contributed by atoms with Gasteiger partial charge in [-0.15, -0.1) is 0 Å². The van der Waals surface area contributed by atoms with Crippen LogP contribution in [0.5, 0.6) is 0 Å². The summed E-state index contributed by atoms with van der Waals surface area (Å²) in [6, 6.07) is 0. The van der Waals surface area contributed by atoms with Crippen molar-refractivity contribution in [3.63, 3.8) is 0 Å². The Morgan fingerprint density at radius 1 is 1.09 bits per heavy atom. The maximum absolute atomic E-state index is 5.99. The Balaban J connectivity index is 2.39. The third kappa shape index (κ3) is 6.63. The second kappa shape index (κ2) is 11.1. The number of rotatable bonds is 11. The summed E-state index contributed by atoms with van der Waals surface area (Å²) >= 11 is 0. The molecule has 0 saturated heterocycles. The highest BCUT2D eigenvalue weighted by atomic mass is 15.3. The lowest BCUT2D eigenvalue weighted by Crippen LogP contribution is -2.32. The zero-order valence-corrected chi connectivity index (χ0v) is 15.5. The largest absolute Gasteiger partial charge is 0.370 e. The van der Waals surface area contributed by atoms with E-state index < -0.39 is 0 Å². The van der Waals surface area contributed by atoms with Crippen LogP contribution in [0.3, 0.4) is 0 Å². The van der Waals surface area contributed by atoms with Gasteiger partial charge in [-0.3, -0.25) is 4.68 Å². The lowest BCUT2D eigenvalue weighted by Gasteiger charge is -2.06. The highest BCUT2D eigenvalue weighted by Crippen LogP contribution is 2.16. The first-order valence-corrected chi connectivity index (χ1v) is 9.21. The molecule has 0 saturated carbocycles. The molecule has 23 heavy (non-hydrogen) atoms. The Morgan fingerprint density at radius 3 is 2.43 bits per heavy atom. The van der Waals surface area contributed by atoms with Gasteiger partial charge in [0.05, 0.1) is 12.2 Å². The average Bonchev–Trinajstić information content (AvgIpc) is 2.86. The molecule has 0 radical (unpaired) electrons. The van der Waals surface area contributed by atoms with Crippen LogP contribution in [0.1, 0.15) is 76.2 Å². The van der Waals surface area contributed by atoms with Crippen LogP contribution >= 0.6 is 0 Å². The number of aromatic nitrogens is 2. The van der Waals surface area contributed by atoms with Crippen molar-refractivity contribution in [3.8, 4) is 0 Å². The number of nitrogens with two attached hydrogens (primary N) is 1. The van der Waals surface area contributed by atoms with E-state index in [9.17, 15) is 0 Å². The van der Waals surface area contributed by atoms with E-state index in [1.165, 1.54) is 43.4 Å². The minimum absolute atomic E-state index is 0.548. The van der Waals surface area contributed by atoms with Crippen LogP contribution < -0.4 is 11.1 Å². The van der Waals surface area contributed by atoms with Gasteiger partial charge in [0.15, 0.2) is 5.96 Å². The lowest BCUT2D eigenvalue weighted by molar-refractivity contribution is 0.601. The monoisotopic (exact) mass is 321 g/mol. The van der Waals surface area contributed by atoms with Crippen LogP contribution in [0.2, 0.25) is 0 Å². The predicted octanol–water partition coefficient (Wildman–Crippen LogP) is 3.31. The Morgan fingerprint density at radius 2 is 1.78 bits per heavy atom. The van der Waals surface area contributed by atoms with Crippen molar-refractivity contribution in [2.24, 2.45) is 17.8 Å². The minimum Gasteiger partial charge on any atom is -0.370 e. The summed E-state index contributed by atoms with van der Waals surface area (Å²) in [6.07, 6.45) is 9.65. The van der Waals surface area contributed by atoms with Crippen LogP contribution in [-0.2, 0) is 26.4 Å². The minimum atomic E-state index is 0.548. The van der Waals surface area contributed by atoms with Gasteiger partial charge in [0.1, 0.15) is 0 Å². The summed E-state index contributed by atoms with van der Waals surface area (Å²) in [5, 5.41) is 7.80. The summed E-state index contributed by atoms with van der Waals surface area (Å²) in [4.78, 5) is 4.50. The molecule has 0 unspecified atom stereocenters. The molecule has 0 aliphatic rings.